The fourth-order valence-corrected chi connectivity index (χ4v) is 9.19. The van der Waals surface area contributed by atoms with Crippen molar-refractivity contribution in [2.45, 2.75) is 309 Å². The van der Waals surface area contributed by atoms with E-state index in [4.69, 9.17) is 14.2 Å². The molecule has 0 amide bonds. The third-order valence-corrected chi connectivity index (χ3v) is 14.2. The van der Waals surface area contributed by atoms with E-state index in [-0.39, 0.29) is 37.5 Å². The molecule has 0 radical (unpaired) electrons. The van der Waals surface area contributed by atoms with Crippen LogP contribution in [0.25, 0.3) is 0 Å². The van der Waals surface area contributed by atoms with Gasteiger partial charge in [-0.3, -0.25) is 14.4 Å². The highest BCUT2D eigenvalue weighted by Crippen LogP contribution is 2.17. The van der Waals surface area contributed by atoms with E-state index in [1.54, 1.807) is 0 Å². The van der Waals surface area contributed by atoms with Crippen molar-refractivity contribution in [1.82, 2.24) is 0 Å². The second-order valence-corrected chi connectivity index (χ2v) is 22.0. The molecule has 0 aliphatic heterocycles. The van der Waals surface area contributed by atoms with Crippen LogP contribution in [0.4, 0.5) is 0 Å². The highest BCUT2D eigenvalue weighted by Gasteiger charge is 2.19. The molecule has 0 saturated carbocycles. The van der Waals surface area contributed by atoms with Crippen molar-refractivity contribution < 1.29 is 28.6 Å². The Morgan fingerprint density at radius 3 is 0.802 bits per heavy atom. The van der Waals surface area contributed by atoms with Crippen LogP contribution >= 0.6 is 0 Å². The Bertz CT molecular complexity index is 1720. The van der Waals surface area contributed by atoms with E-state index in [1.165, 1.54) is 128 Å². The quantitative estimate of drug-likeness (QED) is 0.0261. The molecule has 1 unspecified atom stereocenters. The van der Waals surface area contributed by atoms with E-state index < -0.39 is 6.10 Å². The summed E-state index contributed by atoms with van der Waals surface area (Å²) in [6, 6.07) is 0. The number of hydrogen-bond acceptors (Lipinski definition) is 6. The van der Waals surface area contributed by atoms with Crippen molar-refractivity contribution in [3.63, 3.8) is 0 Å². The predicted molar refractivity (Wildman–Crippen MR) is 353 cm³/mol. The largest absolute Gasteiger partial charge is 0.462 e. The highest BCUT2D eigenvalue weighted by molar-refractivity contribution is 5.71. The molecule has 0 N–H and O–H groups in total. The van der Waals surface area contributed by atoms with Crippen LogP contribution < -0.4 is 0 Å². The van der Waals surface area contributed by atoms with Crippen LogP contribution in [-0.4, -0.2) is 37.2 Å². The number of carbonyl (C=O) groups excluding carboxylic acids is 3. The third kappa shape index (κ3) is 66.2. The van der Waals surface area contributed by atoms with E-state index in [1.807, 2.05) is 0 Å². The maximum absolute atomic E-state index is 13.0. The first kappa shape index (κ1) is 76.5. The third-order valence-electron chi connectivity index (χ3n) is 14.2. The number of unbranched alkanes of at least 4 members (excludes halogenated alkanes) is 27. The SMILES string of the molecule is CC/C=C\C/C=C\C/C=C\C/C=C\C/C=C\C/C=C\CCCCCCC(=O)OCC(COC(=O)CCC/C=C\C/C=C\C/C=C\C/C=C\C/C=C\CC)OC(=O)CCCCCCCCCCCCCCCCCCCCCCCCC. The van der Waals surface area contributed by atoms with E-state index in [2.05, 4.69) is 154 Å². The lowest BCUT2D eigenvalue weighted by Crippen LogP contribution is -2.30. The van der Waals surface area contributed by atoms with Crippen LogP contribution in [0.15, 0.2) is 134 Å². The molecule has 460 valence electrons. The minimum atomic E-state index is -0.817. The summed E-state index contributed by atoms with van der Waals surface area (Å²) >= 11 is 0. The highest BCUT2D eigenvalue weighted by atomic mass is 16.6. The zero-order chi connectivity index (χ0) is 58.5. The average molecular weight is 1120 g/mol. The Kier molecular flexibility index (Phi) is 64.3. The van der Waals surface area contributed by atoms with E-state index >= 15 is 0 Å². The van der Waals surface area contributed by atoms with Gasteiger partial charge in [-0.05, 0) is 109 Å². The first-order chi connectivity index (χ1) is 40.0. The summed E-state index contributed by atoms with van der Waals surface area (Å²) in [6.45, 7) is 6.37. The van der Waals surface area contributed by atoms with E-state index in [9.17, 15) is 14.4 Å². The summed E-state index contributed by atoms with van der Waals surface area (Å²) in [5, 5.41) is 0. The van der Waals surface area contributed by atoms with Gasteiger partial charge in [-0.1, -0.05) is 309 Å². The van der Waals surface area contributed by atoms with Gasteiger partial charge in [0, 0.05) is 19.3 Å². The second kappa shape index (κ2) is 68.1. The van der Waals surface area contributed by atoms with Gasteiger partial charge in [0.15, 0.2) is 6.10 Å². The number of hydrogen-bond donors (Lipinski definition) is 0. The van der Waals surface area contributed by atoms with Crippen molar-refractivity contribution >= 4 is 17.9 Å². The summed E-state index contributed by atoms with van der Waals surface area (Å²) < 4.78 is 16.9. The lowest BCUT2D eigenvalue weighted by atomic mass is 10.0. The fraction of sp³-hybridized carbons (Fsp3) is 0.667. The number of esters is 3. The first-order valence-electron chi connectivity index (χ1n) is 33.7. The molecule has 0 spiro atoms. The molecule has 6 heteroatoms. The van der Waals surface area contributed by atoms with E-state index in [0.717, 1.165) is 128 Å². The summed E-state index contributed by atoms with van der Waals surface area (Å²) in [4.78, 5) is 38.4. The van der Waals surface area contributed by atoms with Crippen molar-refractivity contribution in [3.8, 4) is 0 Å². The zero-order valence-corrected chi connectivity index (χ0v) is 52.8. The van der Waals surface area contributed by atoms with Crippen LogP contribution in [0.2, 0.25) is 0 Å². The van der Waals surface area contributed by atoms with Gasteiger partial charge in [0.1, 0.15) is 13.2 Å². The van der Waals surface area contributed by atoms with Crippen LogP contribution in [0.5, 0.6) is 0 Å². The fourth-order valence-electron chi connectivity index (χ4n) is 9.19. The number of rotatable bonds is 60. The molecular weight excluding hydrogens is 997 g/mol. The summed E-state index contributed by atoms with van der Waals surface area (Å²) in [6.07, 6.45) is 96.2. The molecule has 0 aliphatic rings. The molecular formula is C75H124O6. The van der Waals surface area contributed by atoms with Gasteiger partial charge >= 0.3 is 17.9 Å². The zero-order valence-electron chi connectivity index (χ0n) is 52.8. The number of carbonyl (C=O) groups is 3. The first-order valence-corrected chi connectivity index (χ1v) is 33.7. The van der Waals surface area contributed by atoms with Crippen LogP contribution in [0.1, 0.15) is 303 Å². The number of ether oxygens (including phenoxy) is 3. The molecule has 0 aromatic heterocycles. The topological polar surface area (TPSA) is 78.9 Å². The molecule has 1 atom stereocenters. The summed E-state index contributed by atoms with van der Waals surface area (Å²) in [5.74, 6) is -0.985. The molecule has 6 nitrogen and oxygen atoms in total. The van der Waals surface area contributed by atoms with Crippen LogP contribution in [0.3, 0.4) is 0 Å². The van der Waals surface area contributed by atoms with Gasteiger partial charge in [0.25, 0.3) is 0 Å². The normalized spacial score (nSPS) is 13.0. The molecule has 0 bridgehead atoms. The molecule has 0 aromatic carbocycles. The van der Waals surface area contributed by atoms with Gasteiger partial charge < -0.3 is 14.2 Å². The van der Waals surface area contributed by atoms with Crippen molar-refractivity contribution in [2.24, 2.45) is 0 Å². The van der Waals surface area contributed by atoms with Crippen LogP contribution in [-0.2, 0) is 28.6 Å². The average Bonchev–Trinajstić information content (AvgIpc) is 3.47. The van der Waals surface area contributed by atoms with Crippen molar-refractivity contribution in [2.75, 3.05) is 13.2 Å². The maximum Gasteiger partial charge on any atom is 0.306 e. The van der Waals surface area contributed by atoms with Gasteiger partial charge in [-0.15, -0.1) is 0 Å². The molecule has 0 aromatic rings. The van der Waals surface area contributed by atoms with Crippen LogP contribution in [0, 0.1) is 0 Å². The van der Waals surface area contributed by atoms with Gasteiger partial charge in [-0.2, -0.15) is 0 Å². The lowest BCUT2D eigenvalue weighted by molar-refractivity contribution is -0.167. The lowest BCUT2D eigenvalue weighted by Gasteiger charge is -2.18. The molecule has 0 aliphatic carbocycles. The summed E-state index contributed by atoms with van der Waals surface area (Å²) in [7, 11) is 0. The van der Waals surface area contributed by atoms with Crippen molar-refractivity contribution in [1.29, 1.82) is 0 Å². The molecule has 0 fully saturated rings. The van der Waals surface area contributed by atoms with Gasteiger partial charge in [-0.25, -0.2) is 0 Å². The Morgan fingerprint density at radius 1 is 0.259 bits per heavy atom. The number of allylic oxidation sites excluding steroid dienone is 22. The minimum absolute atomic E-state index is 0.111. The van der Waals surface area contributed by atoms with E-state index in [0.29, 0.717) is 19.3 Å². The smallest absolute Gasteiger partial charge is 0.306 e. The summed E-state index contributed by atoms with van der Waals surface area (Å²) in [5.41, 5.74) is 0. The Labute approximate surface area is 500 Å². The second-order valence-electron chi connectivity index (χ2n) is 22.0. The molecule has 0 saturated heterocycles. The Hall–Kier alpha value is -4.45. The minimum Gasteiger partial charge on any atom is -0.462 e. The van der Waals surface area contributed by atoms with Crippen molar-refractivity contribution in [3.05, 3.63) is 134 Å². The maximum atomic E-state index is 13.0. The monoisotopic (exact) mass is 1120 g/mol. The predicted octanol–water partition coefficient (Wildman–Crippen LogP) is 23.3. The molecule has 0 heterocycles. The molecule has 0 rings (SSSR count). The van der Waals surface area contributed by atoms with Gasteiger partial charge in [0.05, 0.1) is 0 Å². The standard InChI is InChI=1S/C75H124O6/c1-4-7-10-13-16-19-22-25-28-31-33-35-37-39-41-44-47-50-53-56-59-62-65-68-74(77)80-71-72(70-79-73(76)67-64-61-58-55-52-49-46-43-30-27-24-21-18-15-12-9-6-3)81-75(78)69-66-63-60-57-54-51-48-45-42-40-38-36-34-32-29-26-23-20-17-14-11-8-5-2/h7,9-10,12,16,18-19,21,25,27-28,30,33,35,39,41,46-47,49-50,55,58,72H,4-6,8,11,13-15,17,20,22-24,26,29,31-32,34,36-38,40,42-45,48,51-54,56-57,59-71H2,1-3H3/b10-7-,12-9-,19-16-,21-18-,28-25-,30-27-,35-33-,41-39-,49-46-,50-47-,58-55-. The Morgan fingerprint density at radius 2 is 0.494 bits per heavy atom. The molecule has 81 heavy (non-hydrogen) atoms. The Balaban J connectivity index is 4.48. The van der Waals surface area contributed by atoms with Gasteiger partial charge in [0.2, 0.25) is 0 Å².